The number of likely N-dealkylation sites (N-methyl/N-ethyl adjacent to an activating group) is 1. The lowest BCUT2D eigenvalue weighted by atomic mass is 9.79. The van der Waals surface area contributed by atoms with Gasteiger partial charge in [-0.1, -0.05) is 15.5 Å². The van der Waals surface area contributed by atoms with Gasteiger partial charge < -0.3 is 19.3 Å². The SMILES string of the molecule is CN1C(=O)[C@]23C[C@@](C)(C#N)C(c4ccc5c(c4)OCO5)N2C(=O)C1(C)S3=S. The van der Waals surface area contributed by atoms with Crippen LogP contribution in [0.25, 0.3) is 0 Å². The summed E-state index contributed by atoms with van der Waals surface area (Å²) in [6.45, 7) is 3.69. The zero-order valence-electron chi connectivity index (χ0n) is 15.0. The first-order valence-corrected chi connectivity index (χ1v) is 10.7. The summed E-state index contributed by atoms with van der Waals surface area (Å²) in [7, 11) is 0.689. The van der Waals surface area contributed by atoms with Crippen LogP contribution in [0.1, 0.15) is 31.9 Å². The smallest absolute Gasteiger partial charge is 0.261 e. The number of hydrogen-bond donors (Lipinski definition) is 0. The Labute approximate surface area is 163 Å². The van der Waals surface area contributed by atoms with E-state index in [4.69, 9.17) is 20.7 Å². The number of rotatable bonds is 1. The average molecular weight is 403 g/mol. The molecule has 4 heterocycles. The monoisotopic (exact) mass is 403 g/mol. The minimum atomic E-state index is -1.12. The minimum Gasteiger partial charge on any atom is -0.454 e. The van der Waals surface area contributed by atoms with Gasteiger partial charge in [0.1, 0.15) is 0 Å². The lowest BCUT2D eigenvalue weighted by molar-refractivity contribution is -0.159. The van der Waals surface area contributed by atoms with Crippen molar-refractivity contribution in [3.63, 3.8) is 0 Å². The lowest BCUT2D eigenvalue weighted by Crippen LogP contribution is -2.60. The fraction of sp³-hybridized carbons (Fsp3) is 0.500. The van der Waals surface area contributed by atoms with Gasteiger partial charge in [-0.15, -0.1) is 0 Å². The molecule has 1 spiro atoms. The number of carbonyl (C=O) groups excluding carboxylic acids is 2. The third-order valence-corrected chi connectivity index (χ3v) is 10.5. The third kappa shape index (κ3) is 1.61. The van der Waals surface area contributed by atoms with E-state index in [-0.39, 0.29) is 25.0 Å². The van der Waals surface area contributed by atoms with Crippen LogP contribution < -0.4 is 9.47 Å². The summed E-state index contributed by atoms with van der Waals surface area (Å²) in [6, 6.07) is 7.23. The number of fused-ring (bicyclic) bond motifs is 2. The Morgan fingerprint density at radius 3 is 2.67 bits per heavy atom. The van der Waals surface area contributed by atoms with Crippen molar-refractivity contribution in [3.05, 3.63) is 23.8 Å². The van der Waals surface area contributed by atoms with Gasteiger partial charge >= 0.3 is 0 Å². The highest BCUT2D eigenvalue weighted by atomic mass is 32.8. The molecule has 3 saturated heterocycles. The Hall–Kier alpha value is -2.18. The molecule has 0 saturated carbocycles. The highest BCUT2D eigenvalue weighted by molar-refractivity contribution is 8.31. The van der Waals surface area contributed by atoms with Crippen molar-refractivity contribution in [1.82, 2.24) is 9.80 Å². The number of carbonyl (C=O) groups is 2. The van der Waals surface area contributed by atoms with E-state index < -0.39 is 30.7 Å². The zero-order chi connectivity index (χ0) is 19.4. The van der Waals surface area contributed by atoms with Crippen molar-refractivity contribution >= 4 is 32.5 Å². The molecule has 3 fully saturated rings. The van der Waals surface area contributed by atoms with Crippen molar-refractivity contribution in [2.45, 2.75) is 36.1 Å². The number of nitrogens with zero attached hydrogens (tertiary/aromatic N) is 3. The van der Waals surface area contributed by atoms with Gasteiger partial charge in [0.05, 0.1) is 17.5 Å². The zero-order valence-corrected chi connectivity index (χ0v) is 16.6. The van der Waals surface area contributed by atoms with E-state index in [1.54, 1.807) is 37.9 Å². The normalized spacial score (nSPS) is 41.3. The number of amides is 2. The van der Waals surface area contributed by atoms with Gasteiger partial charge in [-0.3, -0.25) is 9.59 Å². The topological polar surface area (TPSA) is 82.9 Å². The van der Waals surface area contributed by atoms with E-state index in [1.165, 1.54) is 4.90 Å². The standard InChI is InChI=1S/C18H17N3O4S2/c1-16(8-19)7-18-15(23)20(3)17(2,27(18)26)14(22)21(18)13(16)10-4-5-11-12(6-10)25-9-24-11/h4-6,13H,7,9H2,1-3H3/t13?,16-,17?,18+,27?/m0/s1. The lowest BCUT2D eigenvalue weighted by Gasteiger charge is -2.39. The van der Waals surface area contributed by atoms with Gasteiger partial charge in [-0.05, 0) is 42.7 Å². The van der Waals surface area contributed by atoms with Crippen LogP contribution in [0.4, 0.5) is 0 Å². The van der Waals surface area contributed by atoms with Gasteiger partial charge in [0, 0.05) is 13.5 Å². The molecule has 5 atom stereocenters. The molecule has 5 rings (SSSR count). The van der Waals surface area contributed by atoms with E-state index in [2.05, 4.69) is 6.07 Å². The molecule has 2 amide bonds. The molecule has 0 N–H and O–H groups in total. The van der Waals surface area contributed by atoms with Crippen LogP contribution in [-0.2, 0) is 30.2 Å². The van der Waals surface area contributed by atoms with Gasteiger partial charge in [-0.2, -0.15) is 5.26 Å². The van der Waals surface area contributed by atoms with Gasteiger partial charge in [0.25, 0.3) is 11.8 Å². The van der Waals surface area contributed by atoms with E-state index >= 15 is 0 Å². The highest BCUT2D eigenvalue weighted by Gasteiger charge is 2.80. The van der Waals surface area contributed by atoms with E-state index in [1.807, 2.05) is 6.07 Å². The molecule has 4 aliphatic rings. The second-order valence-electron chi connectivity index (χ2n) is 7.80. The quantitative estimate of drug-likeness (QED) is 0.701. The molecule has 1 aromatic rings. The van der Waals surface area contributed by atoms with Gasteiger partial charge in [0.15, 0.2) is 21.2 Å². The molecule has 0 aromatic heterocycles. The molecule has 2 bridgehead atoms. The van der Waals surface area contributed by atoms with Gasteiger partial charge in [0.2, 0.25) is 6.79 Å². The highest BCUT2D eigenvalue weighted by Crippen LogP contribution is 2.65. The third-order valence-electron chi connectivity index (χ3n) is 6.39. The molecule has 0 aliphatic carbocycles. The van der Waals surface area contributed by atoms with Crippen molar-refractivity contribution in [1.29, 1.82) is 5.26 Å². The maximum atomic E-state index is 13.5. The summed E-state index contributed by atoms with van der Waals surface area (Å²) < 4.78 is 10.8. The summed E-state index contributed by atoms with van der Waals surface area (Å²) in [5.41, 5.74) is -0.178. The predicted molar refractivity (Wildman–Crippen MR) is 99.1 cm³/mol. The van der Waals surface area contributed by atoms with E-state index in [0.29, 0.717) is 11.5 Å². The van der Waals surface area contributed by atoms with E-state index in [0.717, 1.165) is 5.56 Å². The van der Waals surface area contributed by atoms with Crippen LogP contribution in [-0.4, -0.2) is 45.2 Å². The van der Waals surface area contributed by atoms with Crippen LogP contribution in [0.5, 0.6) is 11.5 Å². The molecule has 0 radical (unpaired) electrons. The molecular formula is C18H17N3O4S2. The second-order valence-corrected chi connectivity index (χ2v) is 10.8. The molecular weight excluding hydrogens is 386 g/mol. The summed E-state index contributed by atoms with van der Waals surface area (Å²) in [4.78, 5) is 27.6. The van der Waals surface area contributed by atoms with Crippen LogP contribution in [0.15, 0.2) is 18.2 Å². The molecule has 1 aromatic carbocycles. The molecule has 9 heteroatoms. The summed E-state index contributed by atoms with van der Waals surface area (Å²) in [5, 5.41) is 10.0. The van der Waals surface area contributed by atoms with Crippen molar-refractivity contribution < 1.29 is 19.1 Å². The largest absolute Gasteiger partial charge is 0.454 e. The Morgan fingerprint density at radius 2 is 1.96 bits per heavy atom. The van der Waals surface area contributed by atoms with Gasteiger partial charge in [-0.25, -0.2) is 0 Å². The second kappa shape index (κ2) is 4.80. The number of nitriles is 1. The van der Waals surface area contributed by atoms with Crippen LogP contribution in [0, 0.1) is 16.7 Å². The molecule has 4 aliphatic heterocycles. The molecule has 3 unspecified atom stereocenters. The fourth-order valence-corrected chi connectivity index (χ4v) is 8.44. The predicted octanol–water partition coefficient (Wildman–Crippen LogP) is 1.20. The van der Waals surface area contributed by atoms with Crippen LogP contribution >= 0.6 is 0 Å². The summed E-state index contributed by atoms with van der Waals surface area (Å²) in [5.74, 6) is 0.875. The van der Waals surface area contributed by atoms with Crippen molar-refractivity contribution in [2.75, 3.05) is 13.8 Å². The Bertz CT molecular complexity index is 1010. The first kappa shape index (κ1) is 17.0. The molecule has 7 nitrogen and oxygen atoms in total. The first-order valence-electron chi connectivity index (χ1n) is 8.56. The maximum Gasteiger partial charge on any atom is 0.261 e. The minimum absolute atomic E-state index is 0.141. The number of hydrogen-bond acceptors (Lipinski definition) is 6. The first-order chi connectivity index (χ1) is 12.7. The summed E-state index contributed by atoms with van der Waals surface area (Å²) >= 11 is 5.76. The van der Waals surface area contributed by atoms with Crippen LogP contribution in [0.3, 0.4) is 0 Å². The fourth-order valence-electron chi connectivity index (χ4n) is 4.92. The summed E-state index contributed by atoms with van der Waals surface area (Å²) in [6.07, 6.45) is 0.243. The number of benzene rings is 1. The van der Waals surface area contributed by atoms with E-state index in [9.17, 15) is 14.9 Å². The van der Waals surface area contributed by atoms with Crippen molar-refractivity contribution in [2.24, 2.45) is 5.41 Å². The van der Waals surface area contributed by atoms with Crippen LogP contribution in [0.2, 0.25) is 0 Å². The Balaban J connectivity index is 1.73. The Kier molecular flexibility index (Phi) is 3.02. The van der Waals surface area contributed by atoms with Crippen molar-refractivity contribution in [3.8, 4) is 17.6 Å². The average Bonchev–Trinajstić information content (AvgIpc) is 3.31. The molecule has 27 heavy (non-hydrogen) atoms. The Morgan fingerprint density at radius 1 is 1.26 bits per heavy atom. The maximum absolute atomic E-state index is 13.5. The molecule has 140 valence electrons. The number of piperazine rings is 1. The number of ether oxygens (including phenoxy) is 2.